The third-order valence-corrected chi connectivity index (χ3v) is 4.51. The number of nitrogens with zero attached hydrogens (tertiary/aromatic N) is 1. The lowest BCUT2D eigenvalue weighted by Crippen LogP contribution is -2.43. The molecule has 8 heteroatoms. The second-order valence-electron chi connectivity index (χ2n) is 6.24. The Morgan fingerprint density at radius 1 is 1.31 bits per heavy atom. The molecule has 1 N–H and O–H groups in total. The fourth-order valence-corrected chi connectivity index (χ4v) is 3.00. The largest absolute Gasteiger partial charge is 0.419 e. The van der Waals surface area contributed by atoms with Crippen LogP contribution >= 0.6 is 0 Å². The molecule has 0 aliphatic carbocycles. The Kier molecular flexibility index (Phi) is 6.05. The van der Waals surface area contributed by atoms with Gasteiger partial charge in [0.2, 0.25) is 11.8 Å². The molecule has 0 radical (unpaired) electrons. The van der Waals surface area contributed by atoms with Crippen molar-refractivity contribution in [3.63, 3.8) is 0 Å². The third-order valence-electron chi connectivity index (χ3n) is 4.51. The normalized spacial score (nSPS) is 16.9. The summed E-state index contributed by atoms with van der Waals surface area (Å²) in [5.41, 5.74) is -1.57. The second kappa shape index (κ2) is 7.88. The van der Waals surface area contributed by atoms with Gasteiger partial charge in [-0.1, -0.05) is 18.7 Å². The molecule has 0 bridgehead atoms. The lowest BCUT2D eigenvalue weighted by molar-refractivity contribution is -0.140. The van der Waals surface area contributed by atoms with Gasteiger partial charge in [0.05, 0.1) is 11.6 Å². The molecule has 2 rings (SSSR count). The van der Waals surface area contributed by atoms with Crippen LogP contribution in [-0.2, 0) is 15.8 Å². The summed E-state index contributed by atoms with van der Waals surface area (Å²) in [5.74, 6) is -2.32. The van der Waals surface area contributed by atoms with Gasteiger partial charge in [0.1, 0.15) is 5.82 Å². The lowest BCUT2D eigenvalue weighted by atomic mass is 9.95. The van der Waals surface area contributed by atoms with Gasteiger partial charge in [-0.15, -0.1) is 0 Å². The van der Waals surface area contributed by atoms with Crippen molar-refractivity contribution in [2.75, 3.05) is 13.1 Å². The number of alkyl halides is 3. The minimum Gasteiger partial charge on any atom is -0.349 e. The standard InChI is InChI=1S/C18H20F4N2O2/c1-3-15(25)24-9-7-12(8-10-24)17(26)23-11(2)13-5-4-6-14(16(13)19)18(20,21)22/h3-6,11-12H,1,7-10H2,2H3,(H,23,26)/t11-/m1/s1. The number of hydrogen-bond acceptors (Lipinski definition) is 2. The predicted octanol–water partition coefficient (Wildman–Crippen LogP) is 3.45. The molecule has 1 saturated heterocycles. The zero-order valence-corrected chi connectivity index (χ0v) is 14.3. The maximum Gasteiger partial charge on any atom is 0.419 e. The van der Waals surface area contributed by atoms with Crippen molar-refractivity contribution in [2.24, 2.45) is 5.92 Å². The number of piperidine rings is 1. The fraction of sp³-hybridized carbons (Fsp3) is 0.444. The van der Waals surface area contributed by atoms with Crippen molar-refractivity contribution in [1.82, 2.24) is 10.2 Å². The number of benzene rings is 1. The number of halogens is 4. The number of hydrogen-bond donors (Lipinski definition) is 1. The monoisotopic (exact) mass is 372 g/mol. The molecule has 0 unspecified atom stereocenters. The molecule has 0 spiro atoms. The van der Waals surface area contributed by atoms with Crippen molar-refractivity contribution in [3.05, 3.63) is 47.8 Å². The molecule has 0 saturated carbocycles. The first-order chi connectivity index (χ1) is 12.1. The summed E-state index contributed by atoms with van der Waals surface area (Å²) >= 11 is 0. The van der Waals surface area contributed by atoms with Crippen molar-refractivity contribution >= 4 is 11.8 Å². The molecule has 26 heavy (non-hydrogen) atoms. The maximum absolute atomic E-state index is 14.2. The van der Waals surface area contributed by atoms with Crippen LogP contribution in [0.3, 0.4) is 0 Å². The van der Waals surface area contributed by atoms with Crippen molar-refractivity contribution < 1.29 is 27.2 Å². The maximum atomic E-state index is 14.2. The van der Waals surface area contributed by atoms with E-state index in [1.165, 1.54) is 19.1 Å². The molecule has 4 nitrogen and oxygen atoms in total. The van der Waals surface area contributed by atoms with Crippen LogP contribution < -0.4 is 5.32 Å². The van der Waals surface area contributed by atoms with Gasteiger partial charge in [-0.05, 0) is 31.9 Å². The average Bonchev–Trinajstić information content (AvgIpc) is 2.60. The van der Waals surface area contributed by atoms with E-state index in [1.54, 1.807) is 4.90 Å². The fourth-order valence-electron chi connectivity index (χ4n) is 3.00. The Balaban J connectivity index is 2.02. The molecule has 1 fully saturated rings. The highest BCUT2D eigenvalue weighted by Crippen LogP contribution is 2.34. The van der Waals surface area contributed by atoms with Crippen LogP contribution in [0, 0.1) is 11.7 Å². The summed E-state index contributed by atoms with van der Waals surface area (Å²) in [7, 11) is 0. The summed E-state index contributed by atoms with van der Waals surface area (Å²) in [5, 5.41) is 2.57. The molecule has 2 amide bonds. The van der Waals surface area contributed by atoms with E-state index in [4.69, 9.17) is 0 Å². The Morgan fingerprint density at radius 2 is 1.92 bits per heavy atom. The van der Waals surface area contributed by atoms with Gasteiger partial charge in [0.15, 0.2) is 0 Å². The predicted molar refractivity (Wildman–Crippen MR) is 87.5 cm³/mol. The van der Waals surface area contributed by atoms with Crippen molar-refractivity contribution in [2.45, 2.75) is 32.0 Å². The number of amides is 2. The van der Waals surface area contributed by atoms with Gasteiger partial charge in [-0.25, -0.2) is 4.39 Å². The zero-order valence-electron chi connectivity index (χ0n) is 14.3. The minimum atomic E-state index is -4.80. The van der Waals surface area contributed by atoms with Crippen LogP contribution in [0.4, 0.5) is 17.6 Å². The first-order valence-electron chi connectivity index (χ1n) is 8.22. The Morgan fingerprint density at radius 3 is 2.46 bits per heavy atom. The third kappa shape index (κ3) is 4.42. The summed E-state index contributed by atoms with van der Waals surface area (Å²) in [6.07, 6.45) is -2.72. The number of rotatable bonds is 4. The van der Waals surface area contributed by atoms with Gasteiger partial charge in [0.25, 0.3) is 0 Å². The molecule has 0 aromatic heterocycles. The Hall–Kier alpha value is -2.38. The summed E-state index contributed by atoms with van der Waals surface area (Å²) in [6, 6.07) is 2.10. The molecule has 1 aliphatic heterocycles. The van der Waals surface area contributed by atoms with Crippen LogP contribution in [-0.4, -0.2) is 29.8 Å². The highest BCUT2D eigenvalue weighted by Gasteiger charge is 2.36. The number of nitrogens with one attached hydrogen (secondary N) is 1. The topological polar surface area (TPSA) is 49.4 Å². The van der Waals surface area contributed by atoms with Crippen molar-refractivity contribution in [3.8, 4) is 0 Å². The average molecular weight is 372 g/mol. The van der Waals surface area contributed by atoms with Gasteiger partial charge in [0, 0.05) is 24.6 Å². The molecule has 1 aromatic rings. The zero-order chi connectivity index (χ0) is 19.5. The van der Waals surface area contributed by atoms with Crippen LogP contribution in [0.15, 0.2) is 30.9 Å². The summed E-state index contributed by atoms with van der Waals surface area (Å²) in [6.45, 7) is 5.64. The SMILES string of the molecule is C=CC(=O)N1CCC(C(=O)N[C@H](C)c2cccc(C(F)(F)F)c2F)CC1. The van der Waals surface area contributed by atoms with E-state index >= 15 is 0 Å². The van der Waals surface area contributed by atoms with E-state index in [-0.39, 0.29) is 23.3 Å². The number of carbonyl (C=O) groups excluding carboxylic acids is 2. The highest BCUT2D eigenvalue weighted by atomic mass is 19.4. The Bertz CT molecular complexity index is 695. The van der Waals surface area contributed by atoms with E-state index in [0.29, 0.717) is 32.0 Å². The number of likely N-dealkylation sites (tertiary alicyclic amines) is 1. The first-order valence-corrected chi connectivity index (χ1v) is 8.22. The summed E-state index contributed by atoms with van der Waals surface area (Å²) in [4.78, 5) is 25.4. The van der Waals surface area contributed by atoms with Gasteiger partial charge in [-0.2, -0.15) is 13.2 Å². The first kappa shape index (κ1) is 19.9. The second-order valence-corrected chi connectivity index (χ2v) is 6.24. The van der Waals surface area contributed by atoms with E-state index < -0.39 is 23.6 Å². The van der Waals surface area contributed by atoms with E-state index in [1.807, 2.05) is 0 Å². The smallest absolute Gasteiger partial charge is 0.349 e. The molecule has 1 atom stereocenters. The van der Waals surface area contributed by atoms with Crippen LogP contribution in [0.1, 0.15) is 36.9 Å². The van der Waals surface area contributed by atoms with E-state index in [0.717, 1.165) is 6.07 Å². The van der Waals surface area contributed by atoms with E-state index in [2.05, 4.69) is 11.9 Å². The molecular formula is C18H20F4N2O2. The summed E-state index contributed by atoms with van der Waals surface area (Å²) < 4.78 is 52.6. The molecule has 1 aliphatic rings. The van der Waals surface area contributed by atoms with Crippen molar-refractivity contribution in [1.29, 1.82) is 0 Å². The number of carbonyl (C=O) groups is 2. The van der Waals surface area contributed by atoms with Gasteiger partial charge >= 0.3 is 6.18 Å². The van der Waals surface area contributed by atoms with Crippen LogP contribution in [0.5, 0.6) is 0 Å². The van der Waals surface area contributed by atoms with E-state index in [9.17, 15) is 27.2 Å². The molecule has 1 heterocycles. The minimum absolute atomic E-state index is 0.205. The molecule has 1 aromatic carbocycles. The Labute approximate surface area is 148 Å². The molecule has 142 valence electrons. The lowest BCUT2D eigenvalue weighted by Gasteiger charge is -2.31. The quantitative estimate of drug-likeness (QED) is 0.650. The van der Waals surface area contributed by atoms with Gasteiger partial charge in [-0.3, -0.25) is 9.59 Å². The highest BCUT2D eigenvalue weighted by molar-refractivity contribution is 5.87. The van der Waals surface area contributed by atoms with Crippen LogP contribution in [0.2, 0.25) is 0 Å². The molecular weight excluding hydrogens is 352 g/mol. The van der Waals surface area contributed by atoms with Gasteiger partial charge < -0.3 is 10.2 Å². The van der Waals surface area contributed by atoms with Crippen LogP contribution in [0.25, 0.3) is 0 Å².